The van der Waals surface area contributed by atoms with Crippen molar-refractivity contribution in [2.24, 2.45) is 0 Å². The van der Waals surface area contributed by atoms with E-state index < -0.39 is 0 Å². The molecule has 0 amide bonds. The van der Waals surface area contributed by atoms with E-state index in [2.05, 4.69) is 18.4 Å². The van der Waals surface area contributed by atoms with E-state index in [4.69, 9.17) is 4.74 Å². The predicted octanol–water partition coefficient (Wildman–Crippen LogP) is 2.13. The summed E-state index contributed by atoms with van der Waals surface area (Å²) in [6, 6.07) is 2.14. The summed E-state index contributed by atoms with van der Waals surface area (Å²) in [5.41, 5.74) is 1.38. The number of hydrogen-bond donors (Lipinski definition) is 0. The lowest BCUT2D eigenvalue weighted by Crippen LogP contribution is -1.74. The number of hydrogen-bond acceptors (Lipinski definition) is 2. The zero-order valence-electron chi connectivity index (χ0n) is 5.26. The van der Waals surface area contributed by atoms with Gasteiger partial charge in [0.2, 0.25) is 0 Å². The molecule has 2 rings (SSSR count). The molecule has 48 valence electrons. The van der Waals surface area contributed by atoms with E-state index in [0.29, 0.717) is 6.10 Å². The van der Waals surface area contributed by atoms with Crippen molar-refractivity contribution in [3.05, 3.63) is 21.9 Å². The lowest BCUT2D eigenvalue weighted by Gasteiger charge is -1.87. The Morgan fingerprint density at radius 2 is 2.56 bits per heavy atom. The van der Waals surface area contributed by atoms with Crippen molar-refractivity contribution < 1.29 is 4.74 Å². The number of thiophene rings is 1. The third-order valence-electron chi connectivity index (χ3n) is 1.53. The summed E-state index contributed by atoms with van der Waals surface area (Å²) in [5.74, 6) is 0. The minimum atomic E-state index is 0.449. The van der Waals surface area contributed by atoms with Gasteiger partial charge in [-0.2, -0.15) is 0 Å². The van der Waals surface area contributed by atoms with Crippen molar-refractivity contribution >= 4 is 11.3 Å². The summed E-state index contributed by atoms with van der Waals surface area (Å²) in [4.78, 5) is 1.41. The van der Waals surface area contributed by atoms with Gasteiger partial charge in [0.15, 0.2) is 0 Å². The standard InChI is InChI=1S/C7H8OS/c1-5-2-3-9-7(5)6-4-8-6/h2-3,6H,4H2,1H3/t6-/m0/s1. The first-order valence-corrected chi connectivity index (χ1v) is 3.91. The Kier molecular flexibility index (Phi) is 1.10. The molecular weight excluding hydrogens is 132 g/mol. The highest BCUT2D eigenvalue weighted by Gasteiger charge is 2.26. The molecule has 1 aromatic heterocycles. The van der Waals surface area contributed by atoms with E-state index in [-0.39, 0.29) is 0 Å². The molecule has 1 aromatic rings. The van der Waals surface area contributed by atoms with Crippen LogP contribution in [0.5, 0.6) is 0 Å². The molecule has 0 spiro atoms. The van der Waals surface area contributed by atoms with Gasteiger partial charge in [-0.1, -0.05) is 0 Å². The smallest absolute Gasteiger partial charge is 0.115 e. The Hall–Kier alpha value is -0.340. The fraction of sp³-hybridized carbons (Fsp3) is 0.429. The summed E-state index contributed by atoms with van der Waals surface area (Å²) in [6.45, 7) is 3.06. The van der Waals surface area contributed by atoms with Gasteiger partial charge < -0.3 is 4.74 Å². The van der Waals surface area contributed by atoms with E-state index in [1.54, 1.807) is 11.3 Å². The average molecular weight is 140 g/mol. The van der Waals surface area contributed by atoms with Crippen LogP contribution in [0.15, 0.2) is 11.4 Å². The van der Waals surface area contributed by atoms with E-state index in [1.807, 2.05) is 0 Å². The maximum atomic E-state index is 5.14. The molecule has 0 N–H and O–H groups in total. The molecule has 0 saturated carbocycles. The molecule has 9 heavy (non-hydrogen) atoms. The van der Waals surface area contributed by atoms with Crippen LogP contribution in [0.1, 0.15) is 16.5 Å². The second-order valence-corrected chi connectivity index (χ2v) is 3.24. The number of aryl methyl sites for hydroxylation is 1. The van der Waals surface area contributed by atoms with E-state index in [1.165, 1.54) is 10.4 Å². The quantitative estimate of drug-likeness (QED) is 0.544. The zero-order valence-corrected chi connectivity index (χ0v) is 6.07. The molecule has 0 bridgehead atoms. The molecule has 0 unspecified atom stereocenters. The van der Waals surface area contributed by atoms with Crippen molar-refractivity contribution in [1.29, 1.82) is 0 Å². The molecule has 1 aliphatic rings. The number of rotatable bonds is 1. The molecule has 0 aliphatic carbocycles. The highest BCUT2D eigenvalue weighted by molar-refractivity contribution is 7.10. The Labute approximate surface area is 58.3 Å². The molecule has 2 heterocycles. The van der Waals surface area contributed by atoms with Gasteiger partial charge in [0.25, 0.3) is 0 Å². The summed E-state index contributed by atoms with van der Waals surface area (Å²) >= 11 is 1.80. The summed E-state index contributed by atoms with van der Waals surface area (Å²) in [7, 11) is 0. The van der Waals surface area contributed by atoms with E-state index in [9.17, 15) is 0 Å². The fourth-order valence-corrected chi connectivity index (χ4v) is 1.87. The number of ether oxygens (including phenoxy) is 1. The van der Waals surface area contributed by atoms with Gasteiger partial charge in [0, 0.05) is 4.88 Å². The highest BCUT2D eigenvalue weighted by Crippen LogP contribution is 2.35. The Morgan fingerprint density at radius 3 is 3.00 bits per heavy atom. The number of epoxide rings is 1. The van der Waals surface area contributed by atoms with Crippen LogP contribution >= 0.6 is 11.3 Å². The van der Waals surface area contributed by atoms with Crippen LogP contribution in [0, 0.1) is 6.92 Å². The Bertz CT molecular complexity index is 212. The molecule has 0 aromatic carbocycles. The Balaban J connectivity index is 2.35. The first-order valence-electron chi connectivity index (χ1n) is 3.03. The van der Waals surface area contributed by atoms with Crippen LogP contribution in [0.2, 0.25) is 0 Å². The van der Waals surface area contributed by atoms with Crippen molar-refractivity contribution in [2.45, 2.75) is 13.0 Å². The SMILES string of the molecule is Cc1ccsc1[C@@H]1CO1. The van der Waals surface area contributed by atoms with E-state index in [0.717, 1.165) is 6.61 Å². The van der Waals surface area contributed by atoms with Crippen LogP contribution in [0.4, 0.5) is 0 Å². The summed E-state index contributed by atoms with van der Waals surface area (Å²) in [5, 5.41) is 2.12. The molecule has 0 radical (unpaired) electrons. The second-order valence-electron chi connectivity index (χ2n) is 2.29. The summed E-state index contributed by atoms with van der Waals surface area (Å²) < 4.78 is 5.14. The van der Waals surface area contributed by atoms with Crippen molar-refractivity contribution in [3.63, 3.8) is 0 Å². The molecule has 2 heteroatoms. The third-order valence-corrected chi connectivity index (χ3v) is 2.64. The highest BCUT2D eigenvalue weighted by atomic mass is 32.1. The van der Waals surface area contributed by atoms with Crippen LogP contribution in [-0.4, -0.2) is 6.61 Å². The van der Waals surface area contributed by atoms with Gasteiger partial charge >= 0.3 is 0 Å². The van der Waals surface area contributed by atoms with Crippen LogP contribution in [0.3, 0.4) is 0 Å². The fourth-order valence-electron chi connectivity index (χ4n) is 0.914. The molecule has 1 saturated heterocycles. The van der Waals surface area contributed by atoms with Crippen molar-refractivity contribution in [3.8, 4) is 0 Å². The molecule has 1 nitrogen and oxygen atoms in total. The van der Waals surface area contributed by atoms with Gasteiger partial charge in [-0.15, -0.1) is 11.3 Å². The average Bonchev–Trinajstić information content (AvgIpc) is 2.58. The molecule has 1 atom stereocenters. The minimum absolute atomic E-state index is 0.449. The summed E-state index contributed by atoms with van der Waals surface area (Å²) in [6.07, 6.45) is 0.449. The lowest BCUT2D eigenvalue weighted by atomic mass is 10.2. The zero-order chi connectivity index (χ0) is 6.27. The monoisotopic (exact) mass is 140 g/mol. The molecule has 1 aliphatic heterocycles. The largest absolute Gasteiger partial charge is 0.367 e. The first kappa shape index (κ1) is 5.45. The maximum absolute atomic E-state index is 5.14. The maximum Gasteiger partial charge on any atom is 0.115 e. The molecular formula is C7H8OS. The third kappa shape index (κ3) is 0.884. The predicted molar refractivity (Wildman–Crippen MR) is 37.7 cm³/mol. The topological polar surface area (TPSA) is 12.5 Å². The van der Waals surface area contributed by atoms with Crippen molar-refractivity contribution in [2.75, 3.05) is 6.61 Å². The van der Waals surface area contributed by atoms with Crippen molar-refractivity contribution in [1.82, 2.24) is 0 Å². The van der Waals surface area contributed by atoms with Gasteiger partial charge in [-0.25, -0.2) is 0 Å². The first-order chi connectivity index (χ1) is 4.38. The second kappa shape index (κ2) is 1.82. The Morgan fingerprint density at radius 1 is 1.78 bits per heavy atom. The van der Waals surface area contributed by atoms with Gasteiger partial charge in [-0.05, 0) is 23.9 Å². The van der Waals surface area contributed by atoms with Crippen LogP contribution in [-0.2, 0) is 4.74 Å². The molecule has 1 fully saturated rings. The normalized spacial score (nSPS) is 24.3. The van der Waals surface area contributed by atoms with Crippen LogP contribution < -0.4 is 0 Å². The minimum Gasteiger partial charge on any atom is -0.367 e. The van der Waals surface area contributed by atoms with E-state index >= 15 is 0 Å². The van der Waals surface area contributed by atoms with Gasteiger partial charge in [0.1, 0.15) is 6.10 Å². The van der Waals surface area contributed by atoms with Gasteiger partial charge in [-0.3, -0.25) is 0 Å². The van der Waals surface area contributed by atoms with Gasteiger partial charge in [0.05, 0.1) is 6.61 Å². The van der Waals surface area contributed by atoms with Crippen LogP contribution in [0.25, 0.3) is 0 Å². The lowest BCUT2D eigenvalue weighted by molar-refractivity contribution is 0.418.